The Kier molecular flexibility index (Phi) is 7.31. The van der Waals surface area contributed by atoms with Crippen molar-refractivity contribution in [3.05, 3.63) is 139 Å². The quantitative estimate of drug-likeness (QED) is 0.0857. The Hall–Kier alpha value is -3.74. The molecule has 0 radical (unpaired) electrons. The lowest BCUT2D eigenvalue weighted by Crippen LogP contribution is -2.38. The smallest absolute Gasteiger partial charge is 0.150 e. The van der Waals surface area contributed by atoms with Crippen LogP contribution >= 0.6 is 24.6 Å². The van der Waals surface area contributed by atoms with Gasteiger partial charge in [0.2, 0.25) is 0 Å². The van der Waals surface area contributed by atoms with E-state index in [2.05, 4.69) is 115 Å². The first-order chi connectivity index (χ1) is 19.2. The Morgan fingerprint density at radius 1 is 0.795 bits per heavy atom. The van der Waals surface area contributed by atoms with Crippen molar-refractivity contribution in [3.8, 4) is 11.1 Å². The van der Waals surface area contributed by atoms with E-state index in [0.717, 1.165) is 44.6 Å². The number of rotatable bonds is 9. The van der Waals surface area contributed by atoms with Gasteiger partial charge in [-0.25, -0.2) is 4.98 Å². The summed E-state index contributed by atoms with van der Waals surface area (Å²) in [5.74, 6) is 1.09. The largest absolute Gasteiger partial charge is 0.277 e. The monoisotopic (exact) mass is 546 g/mol. The van der Waals surface area contributed by atoms with Crippen molar-refractivity contribution in [1.82, 2.24) is 18.7 Å². The van der Waals surface area contributed by atoms with Gasteiger partial charge in [-0.05, 0) is 34.9 Å². The van der Waals surface area contributed by atoms with E-state index < -0.39 is 5.54 Å². The van der Waals surface area contributed by atoms with Crippen molar-refractivity contribution in [3.63, 3.8) is 0 Å². The SMILES string of the molecule is CCCCSc1cnc2c(c1)c(-c1cnn(C(c3ccccc3)(c3ccccc3)c3ccccc3)c1)cn2S. The van der Waals surface area contributed by atoms with Gasteiger partial charge in [0.05, 0.1) is 6.20 Å². The summed E-state index contributed by atoms with van der Waals surface area (Å²) in [5.41, 5.74) is 5.72. The van der Waals surface area contributed by atoms with Crippen molar-refractivity contribution in [2.45, 2.75) is 30.2 Å². The summed E-state index contributed by atoms with van der Waals surface area (Å²) in [6.45, 7) is 2.22. The van der Waals surface area contributed by atoms with Crippen LogP contribution < -0.4 is 0 Å². The molecule has 3 aromatic heterocycles. The molecule has 39 heavy (non-hydrogen) atoms. The standard InChI is InChI=1S/C33H30N4S2/c1-2-3-19-39-29-20-30-31(24-36(38)32(30)34-22-29)25-21-35-37(23-25)33(26-13-7-4-8-14-26,27-15-9-5-10-16-27)28-17-11-6-12-18-28/h4-18,20-24,38H,2-3,19H2,1H3. The first-order valence-corrected chi connectivity index (χ1v) is 14.7. The molecule has 0 fully saturated rings. The molecule has 6 heteroatoms. The predicted molar refractivity (Wildman–Crippen MR) is 166 cm³/mol. The zero-order chi connectivity index (χ0) is 26.7. The van der Waals surface area contributed by atoms with Crippen LogP contribution in [0.25, 0.3) is 22.2 Å². The number of aromatic nitrogens is 4. The molecule has 0 saturated heterocycles. The topological polar surface area (TPSA) is 35.6 Å². The molecule has 0 aliphatic heterocycles. The Morgan fingerprint density at radius 2 is 1.38 bits per heavy atom. The average Bonchev–Trinajstić information content (AvgIpc) is 3.60. The highest BCUT2D eigenvalue weighted by Gasteiger charge is 2.39. The van der Waals surface area contributed by atoms with Gasteiger partial charge in [-0.3, -0.25) is 8.65 Å². The van der Waals surface area contributed by atoms with Gasteiger partial charge < -0.3 is 0 Å². The molecular weight excluding hydrogens is 517 g/mol. The highest BCUT2D eigenvalue weighted by molar-refractivity contribution is 7.99. The molecule has 0 unspecified atom stereocenters. The number of thiol groups is 1. The second-order valence-electron chi connectivity index (χ2n) is 9.61. The van der Waals surface area contributed by atoms with Gasteiger partial charge in [0.25, 0.3) is 0 Å². The molecule has 3 heterocycles. The van der Waals surface area contributed by atoms with Gasteiger partial charge in [0, 0.05) is 40.0 Å². The van der Waals surface area contributed by atoms with E-state index in [1.54, 1.807) is 3.97 Å². The van der Waals surface area contributed by atoms with Crippen molar-refractivity contribution in [2.24, 2.45) is 0 Å². The molecule has 0 bridgehead atoms. The molecule has 6 rings (SSSR count). The number of nitrogens with zero attached hydrogens (tertiary/aromatic N) is 4. The van der Waals surface area contributed by atoms with E-state index in [0.29, 0.717) is 0 Å². The zero-order valence-corrected chi connectivity index (χ0v) is 23.5. The molecule has 0 aliphatic rings. The van der Waals surface area contributed by atoms with Crippen LogP contribution in [-0.4, -0.2) is 24.5 Å². The number of fused-ring (bicyclic) bond motifs is 1. The van der Waals surface area contributed by atoms with E-state index >= 15 is 0 Å². The summed E-state index contributed by atoms with van der Waals surface area (Å²) in [6.07, 6.45) is 10.5. The van der Waals surface area contributed by atoms with Crippen LogP contribution in [-0.2, 0) is 5.54 Å². The molecule has 6 aromatic rings. The van der Waals surface area contributed by atoms with Crippen LogP contribution in [0.4, 0.5) is 0 Å². The lowest BCUT2D eigenvalue weighted by molar-refractivity contribution is 0.460. The summed E-state index contributed by atoms with van der Waals surface area (Å²) in [4.78, 5) is 5.92. The van der Waals surface area contributed by atoms with Gasteiger partial charge in [0.15, 0.2) is 0 Å². The minimum Gasteiger partial charge on any atom is -0.277 e. The van der Waals surface area contributed by atoms with Crippen LogP contribution in [0.1, 0.15) is 36.5 Å². The first kappa shape index (κ1) is 25.5. The average molecular weight is 547 g/mol. The van der Waals surface area contributed by atoms with E-state index in [-0.39, 0.29) is 0 Å². The molecular formula is C33H30N4S2. The fourth-order valence-electron chi connectivity index (χ4n) is 5.30. The lowest BCUT2D eigenvalue weighted by Gasteiger charge is -2.36. The fraction of sp³-hybridized carbons (Fsp3) is 0.152. The first-order valence-electron chi connectivity index (χ1n) is 13.3. The van der Waals surface area contributed by atoms with Crippen molar-refractivity contribution < 1.29 is 0 Å². The predicted octanol–water partition coefficient (Wildman–Crippen LogP) is 8.33. The molecule has 0 N–H and O–H groups in total. The second-order valence-corrected chi connectivity index (χ2v) is 11.2. The number of benzene rings is 3. The number of thioether (sulfide) groups is 1. The summed E-state index contributed by atoms with van der Waals surface area (Å²) in [6, 6.07) is 34.1. The number of hydrogen-bond donors (Lipinski definition) is 1. The highest BCUT2D eigenvalue weighted by atomic mass is 32.2. The lowest BCUT2D eigenvalue weighted by atomic mass is 9.77. The van der Waals surface area contributed by atoms with Crippen LogP contribution in [0.5, 0.6) is 0 Å². The van der Waals surface area contributed by atoms with Gasteiger partial charge in [-0.2, -0.15) is 5.10 Å². The van der Waals surface area contributed by atoms with Crippen LogP contribution in [0.2, 0.25) is 0 Å². The minimum absolute atomic E-state index is 0.652. The molecule has 4 nitrogen and oxygen atoms in total. The maximum absolute atomic E-state index is 5.05. The third-order valence-electron chi connectivity index (χ3n) is 7.18. The van der Waals surface area contributed by atoms with Gasteiger partial charge in [-0.1, -0.05) is 117 Å². The number of pyridine rings is 1. The molecule has 0 atom stereocenters. The summed E-state index contributed by atoms with van der Waals surface area (Å²) < 4.78 is 3.92. The summed E-state index contributed by atoms with van der Waals surface area (Å²) in [5, 5.41) is 6.13. The second kappa shape index (κ2) is 11.2. The van der Waals surface area contributed by atoms with E-state index in [1.165, 1.54) is 17.7 Å². The van der Waals surface area contributed by atoms with E-state index in [4.69, 9.17) is 22.9 Å². The number of hydrogen-bond acceptors (Lipinski definition) is 4. The Balaban J connectivity index is 1.54. The van der Waals surface area contributed by atoms with Gasteiger partial charge in [-0.15, -0.1) is 11.8 Å². The van der Waals surface area contributed by atoms with Crippen molar-refractivity contribution in [2.75, 3.05) is 5.75 Å². The molecule has 0 spiro atoms. The van der Waals surface area contributed by atoms with Crippen LogP contribution in [0.15, 0.2) is 127 Å². The van der Waals surface area contributed by atoms with Gasteiger partial charge in [0.1, 0.15) is 11.2 Å². The van der Waals surface area contributed by atoms with Crippen molar-refractivity contribution >= 4 is 35.6 Å². The Morgan fingerprint density at radius 3 is 1.95 bits per heavy atom. The molecule has 194 valence electrons. The maximum atomic E-state index is 5.05. The van der Waals surface area contributed by atoms with Crippen molar-refractivity contribution in [1.29, 1.82) is 0 Å². The normalized spacial score (nSPS) is 11.7. The zero-order valence-electron chi connectivity index (χ0n) is 21.8. The third kappa shape index (κ3) is 4.68. The van der Waals surface area contributed by atoms with E-state index in [1.807, 2.05) is 30.4 Å². The molecule has 0 aliphatic carbocycles. The Labute approximate surface area is 239 Å². The molecule has 3 aromatic carbocycles. The van der Waals surface area contributed by atoms with Gasteiger partial charge >= 0.3 is 0 Å². The van der Waals surface area contributed by atoms with Crippen LogP contribution in [0.3, 0.4) is 0 Å². The van der Waals surface area contributed by atoms with Crippen LogP contribution in [0, 0.1) is 0 Å². The summed E-state index contributed by atoms with van der Waals surface area (Å²) >= 11 is 6.55. The minimum atomic E-state index is -0.652. The molecule has 0 amide bonds. The Bertz CT molecular complexity index is 1580. The molecule has 0 saturated carbocycles. The number of unbranched alkanes of at least 4 members (excludes halogenated alkanes) is 1. The summed E-state index contributed by atoms with van der Waals surface area (Å²) in [7, 11) is 0. The fourth-order valence-corrected chi connectivity index (χ4v) is 6.57. The highest BCUT2D eigenvalue weighted by Crippen LogP contribution is 2.42. The van der Waals surface area contributed by atoms with E-state index in [9.17, 15) is 0 Å². The third-order valence-corrected chi connectivity index (χ3v) is 8.53. The maximum Gasteiger partial charge on any atom is 0.150 e.